The van der Waals surface area contributed by atoms with Gasteiger partial charge in [0.1, 0.15) is 11.3 Å². The van der Waals surface area contributed by atoms with Crippen LogP contribution in [0.2, 0.25) is 5.02 Å². The maximum Gasteiger partial charge on any atom is 0.342 e. The normalized spacial score (nSPS) is 10.7. The molecule has 0 aliphatic heterocycles. The Hall–Kier alpha value is -4.18. The standard InChI is InChI=1S/C23H20ClN5O5/c1-14-17(12-25-29(14)16-9-7-15(24)8-10-16)23(31)33-13-22-27-20(28-34-22)11-21(30)26-18-5-3-4-6-19(18)32-2/h3-10,12H,11,13H2,1-2H3,(H,26,30). The van der Waals surface area contributed by atoms with E-state index in [1.54, 1.807) is 60.1 Å². The van der Waals surface area contributed by atoms with Crippen molar-refractivity contribution < 1.29 is 23.6 Å². The van der Waals surface area contributed by atoms with E-state index in [2.05, 4.69) is 20.6 Å². The zero-order valence-electron chi connectivity index (χ0n) is 18.3. The van der Waals surface area contributed by atoms with Crippen LogP contribution in [0.5, 0.6) is 5.75 Å². The number of hydrogen-bond donors (Lipinski definition) is 1. The van der Waals surface area contributed by atoms with Gasteiger partial charge in [-0.15, -0.1) is 0 Å². The average molecular weight is 482 g/mol. The summed E-state index contributed by atoms with van der Waals surface area (Å²) in [6.07, 6.45) is 1.30. The maximum absolute atomic E-state index is 12.5. The van der Waals surface area contributed by atoms with Gasteiger partial charge in [0.05, 0.1) is 36.8 Å². The lowest BCUT2D eigenvalue weighted by molar-refractivity contribution is -0.115. The SMILES string of the molecule is COc1ccccc1NC(=O)Cc1noc(COC(=O)c2cnn(-c3ccc(Cl)cc3)c2C)n1. The molecule has 2 heterocycles. The summed E-state index contributed by atoms with van der Waals surface area (Å²) >= 11 is 5.92. The van der Waals surface area contributed by atoms with E-state index in [4.69, 9.17) is 25.6 Å². The number of rotatable bonds is 8. The van der Waals surface area contributed by atoms with Crippen LogP contribution >= 0.6 is 11.6 Å². The predicted octanol–water partition coefficient (Wildman–Crippen LogP) is 3.76. The molecule has 11 heteroatoms. The van der Waals surface area contributed by atoms with Crippen LogP contribution in [-0.4, -0.2) is 38.9 Å². The lowest BCUT2D eigenvalue weighted by Crippen LogP contribution is -2.15. The Morgan fingerprint density at radius 2 is 1.91 bits per heavy atom. The first kappa shape index (κ1) is 23.0. The quantitative estimate of drug-likeness (QED) is 0.377. The summed E-state index contributed by atoms with van der Waals surface area (Å²) < 4.78 is 17.2. The van der Waals surface area contributed by atoms with E-state index in [1.807, 2.05) is 0 Å². The average Bonchev–Trinajstić information content (AvgIpc) is 3.44. The van der Waals surface area contributed by atoms with Crippen molar-refractivity contribution in [1.82, 2.24) is 19.9 Å². The van der Waals surface area contributed by atoms with E-state index in [-0.39, 0.29) is 30.7 Å². The van der Waals surface area contributed by atoms with Gasteiger partial charge in [0, 0.05) is 5.02 Å². The summed E-state index contributed by atoms with van der Waals surface area (Å²) in [4.78, 5) is 28.9. The number of methoxy groups -OCH3 is 1. The number of hydrogen-bond acceptors (Lipinski definition) is 8. The van der Waals surface area contributed by atoms with E-state index in [0.717, 1.165) is 5.69 Å². The van der Waals surface area contributed by atoms with E-state index in [9.17, 15) is 9.59 Å². The molecule has 0 radical (unpaired) electrons. The molecule has 174 valence electrons. The molecule has 10 nitrogen and oxygen atoms in total. The van der Waals surface area contributed by atoms with Crippen molar-refractivity contribution in [3.8, 4) is 11.4 Å². The molecule has 1 N–H and O–H groups in total. The second-order valence-electron chi connectivity index (χ2n) is 7.14. The molecule has 0 saturated carbocycles. The van der Waals surface area contributed by atoms with Gasteiger partial charge in [0.2, 0.25) is 5.91 Å². The first-order valence-corrected chi connectivity index (χ1v) is 10.5. The summed E-state index contributed by atoms with van der Waals surface area (Å²) in [5.74, 6) is -0.182. The molecule has 0 unspecified atom stereocenters. The molecule has 2 aromatic carbocycles. The highest BCUT2D eigenvalue weighted by Crippen LogP contribution is 2.23. The van der Waals surface area contributed by atoms with Crippen molar-refractivity contribution in [2.45, 2.75) is 20.0 Å². The zero-order valence-corrected chi connectivity index (χ0v) is 19.1. The van der Waals surface area contributed by atoms with Gasteiger partial charge in [-0.1, -0.05) is 28.9 Å². The maximum atomic E-state index is 12.5. The second-order valence-corrected chi connectivity index (χ2v) is 7.57. The number of nitrogens with zero attached hydrogens (tertiary/aromatic N) is 4. The van der Waals surface area contributed by atoms with Crippen molar-refractivity contribution in [3.05, 3.63) is 82.7 Å². The first-order chi connectivity index (χ1) is 16.4. The third-order valence-electron chi connectivity index (χ3n) is 4.84. The van der Waals surface area contributed by atoms with Crippen LogP contribution in [0.4, 0.5) is 5.69 Å². The Bertz CT molecular complexity index is 1320. The molecule has 4 rings (SSSR count). The van der Waals surface area contributed by atoms with E-state index >= 15 is 0 Å². The van der Waals surface area contributed by atoms with Crippen molar-refractivity contribution >= 4 is 29.2 Å². The van der Waals surface area contributed by atoms with Gasteiger partial charge in [-0.25, -0.2) is 9.48 Å². The number of carbonyl (C=O) groups excluding carboxylic acids is 2. The Labute approximate surface area is 199 Å². The molecule has 0 spiro atoms. The molecule has 0 atom stereocenters. The lowest BCUT2D eigenvalue weighted by Gasteiger charge is -2.08. The summed E-state index contributed by atoms with van der Waals surface area (Å²) in [5, 5.41) is 11.3. The second kappa shape index (κ2) is 10.2. The number of carbonyl (C=O) groups is 2. The third-order valence-corrected chi connectivity index (χ3v) is 5.09. The fourth-order valence-electron chi connectivity index (χ4n) is 3.16. The van der Waals surface area contributed by atoms with Crippen LogP contribution in [-0.2, 0) is 22.6 Å². The van der Waals surface area contributed by atoms with Crippen molar-refractivity contribution in [1.29, 1.82) is 0 Å². The molecule has 0 fully saturated rings. The van der Waals surface area contributed by atoms with Crippen LogP contribution in [0.1, 0.15) is 27.8 Å². The molecule has 0 bridgehead atoms. The number of nitrogens with one attached hydrogen (secondary N) is 1. The highest BCUT2D eigenvalue weighted by atomic mass is 35.5. The number of benzene rings is 2. The van der Waals surface area contributed by atoms with E-state index in [1.165, 1.54) is 13.3 Å². The summed E-state index contributed by atoms with van der Waals surface area (Å²) in [5.41, 5.74) is 2.19. The van der Waals surface area contributed by atoms with Gasteiger partial charge in [-0.3, -0.25) is 4.79 Å². The van der Waals surface area contributed by atoms with Crippen LogP contribution < -0.4 is 10.1 Å². The monoisotopic (exact) mass is 481 g/mol. The smallest absolute Gasteiger partial charge is 0.342 e. The largest absolute Gasteiger partial charge is 0.495 e. The predicted molar refractivity (Wildman–Crippen MR) is 122 cm³/mol. The van der Waals surface area contributed by atoms with Crippen LogP contribution in [0, 0.1) is 6.92 Å². The van der Waals surface area contributed by atoms with Gasteiger partial charge in [0.25, 0.3) is 5.89 Å². The minimum Gasteiger partial charge on any atom is -0.495 e. The highest BCUT2D eigenvalue weighted by molar-refractivity contribution is 6.30. The third kappa shape index (κ3) is 5.24. The van der Waals surface area contributed by atoms with Crippen molar-refractivity contribution in [2.24, 2.45) is 0 Å². The summed E-state index contributed by atoms with van der Waals surface area (Å²) in [6, 6.07) is 14.1. The van der Waals surface area contributed by atoms with E-state index in [0.29, 0.717) is 27.7 Å². The van der Waals surface area contributed by atoms with Crippen LogP contribution in [0.3, 0.4) is 0 Å². The topological polar surface area (TPSA) is 121 Å². The number of anilines is 1. The molecular formula is C23H20ClN5O5. The molecule has 1 amide bonds. The lowest BCUT2D eigenvalue weighted by atomic mass is 10.2. The van der Waals surface area contributed by atoms with Gasteiger partial charge in [0.15, 0.2) is 12.4 Å². The molecule has 0 aliphatic rings. The van der Waals surface area contributed by atoms with Gasteiger partial charge in [-0.05, 0) is 43.3 Å². The Balaban J connectivity index is 1.34. The summed E-state index contributed by atoms with van der Waals surface area (Å²) in [7, 11) is 1.52. The highest BCUT2D eigenvalue weighted by Gasteiger charge is 2.19. The summed E-state index contributed by atoms with van der Waals surface area (Å²) in [6.45, 7) is 1.51. The minimum absolute atomic E-state index is 0.0659. The number of halogens is 1. The van der Waals surface area contributed by atoms with Gasteiger partial charge < -0.3 is 19.3 Å². The number of amides is 1. The molecule has 4 aromatic rings. The Morgan fingerprint density at radius 1 is 1.15 bits per heavy atom. The van der Waals surface area contributed by atoms with Gasteiger partial charge in [-0.2, -0.15) is 10.1 Å². The molecule has 2 aromatic heterocycles. The zero-order chi connectivity index (χ0) is 24.1. The minimum atomic E-state index is -0.591. The van der Waals surface area contributed by atoms with Crippen LogP contribution in [0.15, 0.2) is 59.3 Å². The number of esters is 1. The molecule has 0 saturated heterocycles. The molecule has 34 heavy (non-hydrogen) atoms. The fourth-order valence-corrected chi connectivity index (χ4v) is 3.29. The fraction of sp³-hybridized carbons (Fsp3) is 0.174. The molecular weight excluding hydrogens is 462 g/mol. The first-order valence-electron chi connectivity index (χ1n) is 10.2. The Kier molecular flexibility index (Phi) is 6.88. The molecule has 0 aliphatic carbocycles. The van der Waals surface area contributed by atoms with Crippen molar-refractivity contribution in [2.75, 3.05) is 12.4 Å². The number of aromatic nitrogens is 4. The van der Waals surface area contributed by atoms with E-state index < -0.39 is 5.97 Å². The Morgan fingerprint density at radius 3 is 2.68 bits per heavy atom. The van der Waals surface area contributed by atoms with Crippen LogP contribution in [0.25, 0.3) is 5.69 Å². The number of para-hydroxylation sites is 2. The number of ether oxygens (including phenoxy) is 2. The van der Waals surface area contributed by atoms with Gasteiger partial charge >= 0.3 is 5.97 Å². The van der Waals surface area contributed by atoms with Crippen molar-refractivity contribution in [3.63, 3.8) is 0 Å².